The first kappa shape index (κ1) is 24.0. The van der Waals surface area contributed by atoms with Crippen molar-refractivity contribution < 1.29 is 24.2 Å². The molecule has 2 aromatic rings. The number of rotatable bonds is 10. The lowest BCUT2D eigenvalue weighted by Gasteiger charge is -2.14. The van der Waals surface area contributed by atoms with Crippen LogP contribution in [0.1, 0.15) is 31.2 Å². The maximum absolute atomic E-state index is 12.8. The topological polar surface area (TPSA) is 101 Å². The number of anilines is 1. The molecule has 3 rings (SSSR count). The van der Waals surface area contributed by atoms with Gasteiger partial charge in [-0.25, -0.2) is 4.98 Å². The number of aromatic nitrogens is 1. The van der Waals surface area contributed by atoms with Crippen LogP contribution in [0.25, 0.3) is 6.08 Å². The fourth-order valence-electron chi connectivity index (χ4n) is 3.04. The highest BCUT2D eigenvalue weighted by Gasteiger charge is 2.31. The molecule has 1 aliphatic rings. The predicted octanol–water partition coefficient (Wildman–Crippen LogP) is 4.27. The first-order valence-electron chi connectivity index (χ1n) is 9.82. The highest BCUT2D eigenvalue weighted by Crippen LogP contribution is 2.39. The van der Waals surface area contributed by atoms with Crippen LogP contribution in [-0.4, -0.2) is 51.9 Å². The summed E-state index contributed by atoms with van der Waals surface area (Å²) in [6.45, 7) is 0.498. The molecule has 0 radical (unpaired) electrons. The Bertz CT molecular complexity index is 999. The number of thiocarbonyl (C=S) groups is 1. The highest BCUT2D eigenvalue weighted by molar-refractivity contribution is 8.26. The number of carbonyl (C=O) groups is 2. The number of benzene rings is 1. The number of phenolic OH excluding ortho intramolecular Hbond substituents is 1. The number of carbonyl (C=O) groups excluding carboxylic acids is 2. The smallest absolute Gasteiger partial charge is 0.266 e. The van der Waals surface area contributed by atoms with E-state index in [4.69, 9.17) is 21.7 Å². The second-order valence-electron chi connectivity index (χ2n) is 6.80. The van der Waals surface area contributed by atoms with Gasteiger partial charge in [-0.05, 0) is 36.6 Å². The fraction of sp³-hybridized carbons (Fsp3) is 0.333. The van der Waals surface area contributed by atoms with Crippen molar-refractivity contribution in [2.75, 3.05) is 26.1 Å². The standard InChI is InChI=1S/C21H23N3O5S3/c1-28-14-10-13(11-15(29-2)18(14)26)12-16-19(27)24(21(30)32-16)8-5-3-4-6-17(25)23-20-22-7-9-31-20/h7,9-12,26H,3-6,8H2,1-2H3,(H,22,23,25)/b16-12-. The third-order valence-corrected chi connectivity index (χ3v) is 6.70. The van der Waals surface area contributed by atoms with E-state index >= 15 is 0 Å². The molecule has 32 heavy (non-hydrogen) atoms. The molecule has 1 saturated heterocycles. The number of aromatic hydroxyl groups is 1. The van der Waals surface area contributed by atoms with Gasteiger partial charge in [-0.2, -0.15) is 0 Å². The summed E-state index contributed by atoms with van der Waals surface area (Å²) in [5, 5.41) is 15.2. The number of ether oxygens (including phenoxy) is 2. The van der Waals surface area contributed by atoms with Gasteiger partial charge in [0.05, 0.1) is 19.1 Å². The average molecular weight is 494 g/mol. The van der Waals surface area contributed by atoms with Crippen molar-refractivity contribution in [2.24, 2.45) is 0 Å². The minimum absolute atomic E-state index is 0.0618. The molecule has 1 aliphatic heterocycles. The van der Waals surface area contributed by atoms with Crippen LogP contribution >= 0.6 is 35.3 Å². The van der Waals surface area contributed by atoms with Crippen LogP contribution in [0.15, 0.2) is 28.6 Å². The van der Waals surface area contributed by atoms with Crippen molar-refractivity contribution in [3.8, 4) is 17.2 Å². The Kier molecular flexibility index (Phi) is 8.48. The molecule has 0 spiro atoms. The lowest BCUT2D eigenvalue weighted by molar-refractivity contribution is -0.122. The zero-order valence-electron chi connectivity index (χ0n) is 17.6. The summed E-state index contributed by atoms with van der Waals surface area (Å²) in [6.07, 6.45) is 6.01. The number of unbranched alkanes of at least 4 members (excludes halogenated alkanes) is 2. The molecular weight excluding hydrogens is 470 g/mol. The van der Waals surface area contributed by atoms with Crippen LogP contribution in [0, 0.1) is 0 Å². The number of nitrogens with one attached hydrogen (secondary N) is 1. The van der Waals surface area contributed by atoms with Crippen molar-refractivity contribution in [2.45, 2.75) is 25.7 Å². The second-order valence-corrected chi connectivity index (χ2v) is 9.37. The van der Waals surface area contributed by atoms with Crippen molar-refractivity contribution in [1.82, 2.24) is 9.88 Å². The van der Waals surface area contributed by atoms with E-state index < -0.39 is 0 Å². The van der Waals surface area contributed by atoms with Gasteiger partial charge < -0.3 is 19.9 Å². The van der Waals surface area contributed by atoms with E-state index in [9.17, 15) is 14.7 Å². The fourth-order valence-corrected chi connectivity index (χ4v) is 4.89. The van der Waals surface area contributed by atoms with Gasteiger partial charge in [0.25, 0.3) is 5.91 Å². The number of methoxy groups -OCH3 is 2. The summed E-state index contributed by atoms with van der Waals surface area (Å²) in [4.78, 5) is 30.8. The Morgan fingerprint density at radius 2 is 1.97 bits per heavy atom. The molecule has 170 valence electrons. The number of hydrogen-bond acceptors (Lipinski definition) is 9. The zero-order valence-corrected chi connectivity index (χ0v) is 20.1. The molecule has 8 nitrogen and oxygen atoms in total. The molecule has 0 atom stereocenters. The first-order chi connectivity index (χ1) is 15.4. The number of nitrogens with zero attached hydrogens (tertiary/aromatic N) is 2. The van der Waals surface area contributed by atoms with E-state index in [0.29, 0.717) is 32.9 Å². The third kappa shape index (κ3) is 5.99. The summed E-state index contributed by atoms with van der Waals surface area (Å²) < 4.78 is 10.8. The van der Waals surface area contributed by atoms with Crippen LogP contribution in [0.3, 0.4) is 0 Å². The minimum Gasteiger partial charge on any atom is -0.502 e. The van der Waals surface area contributed by atoms with Gasteiger partial charge in [0.15, 0.2) is 16.6 Å². The number of hydrogen-bond donors (Lipinski definition) is 2. The monoisotopic (exact) mass is 493 g/mol. The minimum atomic E-state index is -0.160. The van der Waals surface area contributed by atoms with E-state index in [1.807, 2.05) is 0 Å². The van der Waals surface area contributed by atoms with Crippen LogP contribution in [0.4, 0.5) is 5.13 Å². The lowest BCUT2D eigenvalue weighted by Crippen LogP contribution is -2.29. The molecular formula is C21H23N3O5S3. The molecule has 1 fully saturated rings. The van der Waals surface area contributed by atoms with Crippen LogP contribution < -0.4 is 14.8 Å². The largest absolute Gasteiger partial charge is 0.502 e. The van der Waals surface area contributed by atoms with E-state index in [1.54, 1.807) is 34.7 Å². The van der Waals surface area contributed by atoms with Gasteiger partial charge in [0, 0.05) is 24.5 Å². The van der Waals surface area contributed by atoms with Crippen LogP contribution in [0.5, 0.6) is 17.2 Å². The van der Waals surface area contributed by atoms with E-state index in [2.05, 4.69) is 10.3 Å². The summed E-state index contributed by atoms with van der Waals surface area (Å²) in [6, 6.07) is 3.25. The van der Waals surface area contributed by atoms with Gasteiger partial charge in [-0.3, -0.25) is 14.5 Å². The molecule has 1 aromatic carbocycles. The van der Waals surface area contributed by atoms with E-state index in [1.165, 1.54) is 37.3 Å². The SMILES string of the molecule is COc1cc(/C=C2\SC(=S)N(CCCCCC(=O)Nc3nccs3)C2=O)cc(OC)c1O. The predicted molar refractivity (Wildman–Crippen MR) is 130 cm³/mol. The van der Waals surface area contributed by atoms with Crippen molar-refractivity contribution in [3.05, 3.63) is 34.2 Å². The molecule has 1 aromatic heterocycles. The number of phenols is 1. The molecule has 0 unspecified atom stereocenters. The summed E-state index contributed by atoms with van der Waals surface area (Å²) in [5.74, 6) is 0.191. The lowest BCUT2D eigenvalue weighted by atomic mass is 10.1. The van der Waals surface area contributed by atoms with E-state index in [-0.39, 0.29) is 29.1 Å². The third-order valence-electron chi connectivity index (χ3n) is 4.64. The van der Waals surface area contributed by atoms with Crippen LogP contribution in [0.2, 0.25) is 0 Å². The van der Waals surface area contributed by atoms with Gasteiger partial charge in [-0.1, -0.05) is 30.4 Å². The molecule has 2 heterocycles. The normalized spacial score (nSPS) is 14.8. The number of thioether (sulfide) groups is 1. The first-order valence-corrected chi connectivity index (χ1v) is 11.9. The Balaban J connectivity index is 1.52. The van der Waals surface area contributed by atoms with Crippen LogP contribution in [-0.2, 0) is 9.59 Å². The molecule has 0 bridgehead atoms. The Labute approximate surface area is 199 Å². The van der Waals surface area contributed by atoms with Crippen molar-refractivity contribution in [1.29, 1.82) is 0 Å². The number of thiazole rings is 1. The van der Waals surface area contributed by atoms with Gasteiger partial charge >= 0.3 is 0 Å². The van der Waals surface area contributed by atoms with Gasteiger partial charge in [-0.15, -0.1) is 11.3 Å². The van der Waals surface area contributed by atoms with Crippen molar-refractivity contribution in [3.63, 3.8) is 0 Å². The summed E-state index contributed by atoms with van der Waals surface area (Å²) in [5.41, 5.74) is 0.656. The number of amides is 2. The molecule has 11 heteroatoms. The molecule has 2 N–H and O–H groups in total. The Hall–Kier alpha value is -2.63. The maximum atomic E-state index is 12.8. The molecule has 2 amide bonds. The van der Waals surface area contributed by atoms with Gasteiger partial charge in [0.1, 0.15) is 4.32 Å². The summed E-state index contributed by atoms with van der Waals surface area (Å²) in [7, 11) is 2.89. The maximum Gasteiger partial charge on any atom is 0.266 e. The average Bonchev–Trinajstić information content (AvgIpc) is 3.37. The van der Waals surface area contributed by atoms with E-state index in [0.717, 1.165) is 19.3 Å². The molecule has 0 saturated carbocycles. The zero-order chi connectivity index (χ0) is 23.1. The van der Waals surface area contributed by atoms with Gasteiger partial charge in [0.2, 0.25) is 11.7 Å². The highest BCUT2D eigenvalue weighted by atomic mass is 32.2. The second kappa shape index (κ2) is 11.3. The quantitative estimate of drug-likeness (QED) is 0.288. The Morgan fingerprint density at radius 1 is 1.25 bits per heavy atom. The van der Waals surface area contributed by atoms with Crippen molar-refractivity contribution >= 4 is 62.7 Å². The molecule has 0 aliphatic carbocycles. The summed E-state index contributed by atoms with van der Waals surface area (Å²) >= 11 is 8.00. The Morgan fingerprint density at radius 3 is 2.59 bits per heavy atom.